The zero-order valence-electron chi connectivity index (χ0n) is 15.8. The second kappa shape index (κ2) is 9.77. The Balaban J connectivity index is 1.57. The van der Waals surface area contributed by atoms with Crippen LogP contribution in [0.2, 0.25) is 0 Å². The molecule has 5 N–H and O–H groups in total. The maximum atomic E-state index is 6.18. The van der Waals surface area contributed by atoms with Crippen molar-refractivity contribution < 1.29 is 4.74 Å². The number of piperazine rings is 1. The molecule has 146 valence electrons. The molecule has 0 unspecified atom stereocenters. The van der Waals surface area contributed by atoms with Crippen molar-refractivity contribution in [1.82, 2.24) is 20.2 Å². The fraction of sp³-hybridized carbons (Fsp3) is 0.474. The first-order valence-corrected chi connectivity index (χ1v) is 10.3. The number of thioether (sulfide) groups is 1. The van der Waals surface area contributed by atoms with Crippen molar-refractivity contribution in [2.45, 2.75) is 18.0 Å². The molecule has 1 aliphatic rings. The van der Waals surface area contributed by atoms with Gasteiger partial charge in [0.25, 0.3) is 0 Å². The molecule has 3 rings (SSSR count). The van der Waals surface area contributed by atoms with Gasteiger partial charge in [-0.25, -0.2) is 9.97 Å². The number of rotatable bonds is 8. The zero-order valence-corrected chi connectivity index (χ0v) is 16.6. The molecular weight excluding hydrogens is 360 g/mol. The number of nitrogens with zero attached hydrogens (tertiary/aromatic N) is 3. The monoisotopic (exact) mass is 388 g/mol. The van der Waals surface area contributed by atoms with Crippen LogP contribution < -0.4 is 21.5 Å². The molecule has 0 radical (unpaired) electrons. The predicted octanol–water partition coefficient (Wildman–Crippen LogP) is 1.63. The number of nitrogens with one attached hydrogen (secondary N) is 1. The lowest BCUT2D eigenvalue weighted by Crippen LogP contribution is -2.43. The lowest BCUT2D eigenvalue weighted by Gasteiger charge is -2.26. The average Bonchev–Trinajstić information content (AvgIpc) is 2.69. The maximum absolute atomic E-state index is 6.18. The summed E-state index contributed by atoms with van der Waals surface area (Å²) in [6, 6.07) is 7.82. The molecule has 7 nitrogen and oxygen atoms in total. The molecular formula is C19H28N6OS. The van der Waals surface area contributed by atoms with Crippen LogP contribution in [-0.4, -0.2) is 60.5 Å². The van der Waals surface area contributed by atoms with Crippen LogP contribution in [0.5, 0.6) is 5.75 Å². The smallest absolute Gasteiger partial charge is 0.191 e. The van der Waals surface area contributed by atoms with Crippen LogP contribution in [0.1, 0.15) is 17.5 Å². The van der Waals surface area contributed by atoms with Crippen LogP contribution in [0.3, 0.4) is 0 Å². The van der Waals surface area contributed by atoms with Crippen molar-refractivity contribution in [3.8, 4) is 5.75 Å². The summed E-state index contributed by atoms with van der Waals surface area (Å²) in [6.45, 7) is 5.51. The number of nitrogens with two attached hydrogens (primary N) is 2. The predicted molar refractivity (Wildman–Crippen MR) is 111 cm³/mol. The number of aromatic nitrogens is 2. The van der Waals surface area contributed by atoms with Crippen molar-refractivity contribution >= 4 is 23.4 Å². The Kier molecular flexibility index (Phi) is 7.14. The number of benzene rings is 1. The highest BCUT2D eigenvalue weighted by atomic mass is 32.2. The second-order valence-corrected chi connectivity index (χ2v) is 7.60. The standard InChI is InChI=1S/C19H28N6OS/c1-26-16-6-3-2-5-14(16)13-15-17(20)23-19(24-18(15)21)27-12-4-9-25-10-7-22-8-11-25/h2-3,5-6,22H,4,7-13H2,1H3,(H4,20,21,23,24). The minimum absolute atomic E-state index is 0.443. The fourth-order valence-electron chi connectivity index (χ4n) is 3.17. The van der Waals surface area contributed by atoms with Crippen LogP contribution in [0.25, 0.3) is 0 Å². The Labute approximate surface area is 164 Å². The molecule has 0 spiro atoms. The summed E-state index contributed by atoms with van der Waals surface area (Å²) in [6.07, 6.45) is 1.65. The van der Waals surface area contributed by atoms with Gasteiger partial charge in [-0.15, -0.1) is 0 Å². The summed E-state index contributed by atoms with van der Waals surface area (Å²) in [4.78, 5) is 11.4. The van der Waals surface area contributed by atoms with Gasteiger partial charge in [-0.05, 0) is 24.6 Å². The molecule has 1 fully saturated rings. The van der Waals surface area contributed by atoms with E-state index in [0.717, 1.165) is 61.8 Å². The number of ether oxygens (including phenoxy) is 1. The summed E-state index contributed by atoms with van der Waals surface area (Å²) in [5.74, 6) is 2.65. The molecule has 0 saturated carbocycles. The van der Waals surface area contributed by atoms with Gasteiger partial charge in [0.05, 0.1) is 7.11 Å². The molecule has 27 heavy (non-hydrogen) atoms. The van der Waals surface area contributed by atoms with Gasteiger partial charge in [0.2, 0.25) is 0 Å². The van der Waals surface area contributed by atoms with Gasteiger partial charge in [0.15, 0.2) is 5.16 Å². The first-order valence-electron chi connectivity index (χ1n) is 9.27. The molecule has 8 heteroatoms. The first-order chi connectivity index (χ1) is 13.2. The Morgan fingerprint density at radius 1 is 1.15 bits per heavy atom. The minimum Gasteiger partial charge on any atom is -0.496 e. The van der Waals surface area contributed by atoms with Crippen molar-refractivity contribution in [3.05, 3.63) is 35.4 Å². The van der Waals surface area contributed by atoms with Crippen LogP contribution in [0, 0.1) is 0 Å². The van der Waals surface area contributed by atoms with E-state index in [0.29, 0.717) is 23.2 Å². The molecule has 1 aromatic carbocycles. The van der Waals surface area contributed by atoms with Gasteiger partial charge in [-0.2, -0.15) is 0 Å². The zero-order chi connectivity index (χ0) is 19.1. The lowest BCUT2D eigenvalue weighted by molar-refractivity contribution is 0.242. The lowest BCUT2D eigenvalue weighted by atomic mass is 10.1. The molecule has 0 bridgehead atoms. The number of hydrogen-bond acceptors (Lipinski definition) is 8. The molecule has 1 saturated heterocycles. The van der Waals surface area contributed by atoms with Crippen LogP contribution in [0.15, 0.2) is 29.4 Å². The molecule has 1 aromatic heterocycles. The third-order valence-corrected chi connectivity index (χ3v) is 5.60. The highest BCUT2D eigenvalue weighted by Crippen LogP contribution is 2.27. The fourth-order valence-corrected chi connectivity index (χ4v) is 3.95. The van der Waals surface area contributed by atoms with Crippen LogP contribution in [-0.2, 0) is 6.42 Å². The van der Waals surface area contributed by atoms with Crippen molar-refractivity contribution in [2.24, 2.45) is 0 Å². The highest BCUT2D eigenvalue weighted by Gasteiger charge is 2.14. The molecule has 0 amide bonds. The van der Waals surface area contributed by atoms with Crippen molar-refractivity contribution in [2.75, 3.05) is 57.1 Å². The normalized spacial score (nSPS) is 15.0. The van der Waals surface area contributed by atoms with Gasteiger partial charge >= 0.3 is 0 Å². The van der Waals surface area contributed by atoms with Crippen molar-refractivity contribution in [3.63, 3.8) is 0 Å². The van der Waals surface area contributed by atoms with Crippen LogP contribution >= 0.6 is 11.8 Å². The Morgan fingerprint density at radius 3 is 2.56 bits per heavy atom. The quantitative estimate of drug-likeness (QED) is 0.356. The van der Waals surface area contributed by atoms with E-state index in [-0.39, 0.29) is 0 Å². The molecule has 2 heterocycles. The van der Waals surface area contributed by atoms with Gasteiger partial charge in [-0.1, -0.05) is 30.0 Å². The topological polar surface area (TPSA) is 102 Å². The minimum atomic E-state index is 0.443. The average molecular weight is 389 g/mol. The second-order valence-electron chi connectivity index (χ2n) is 6.54. The number of hydrogen-bond donors (Lipinski definition) is 3. The first kappa shape index (κ1) is 19.7. The van der Waals surface area contributed by atoms with E-state index in [1.54, 1.807) is 18.9 Å². The Hall–Kier alpha value is -2.03. The van der Waals surface area contributed by atoms with E-state index < -0.39 is 0 Å². The third kappa shape index (κ3) is 5.47. The SMILES string of the molecule is COc1ccccc1Cc1c(N)nc(SCCCN2CCNCC2)nc1N. The number of anilines is 2. The van der Waals surface area contributed by atoms with E-state index in [2.05, 4.69) is 20.2 Å². The summed E-state index contributed by atoms with van der Waals surface area (Å²) >= 11 is 1.61. The van der Waals surface area contributed by atoms with Gasteiger partial charge in [-0.3, -0.25) is 0 Å². The summed E-state index contributed by atoms with van der Waals surface area (Å²) in [5.41, 5.74) is 14.1. The number of nitrogen functional groups attached to an aromatic ring is 2. The van der Waals surface area contributed by atoms with E-state index in [4.69, 9.17) is 16.2 Å². The van der Waals surface area contributed by atoms with E-state index >= 15 is 0 Å². The highest BCUT2D eigenvalue weighted by molar-refractivity contribution is 7.99. The maximum Gasteiger partial charge on any atom is 0.191 e. The molecule has 2 aromatic rings. The number of para-hydroxylation sites is 1. The number of methoxy groups -OCH3 is 1. The third-order valence-electron chi connectivity index (χ3n) is 4.67. The summed E-state index contributed by atoms with van der Waals surface area (Å²) < 4.78 is 5.40. The van der Waals surface area contributed by atoms with Gasteiger partial charge in [0, 0.05) is 43.9 Å². The largest absolute Gasteiger partial charge is 0.496 e. The van der Waals surface area contributed by atoms with E-state index in [9.17, 15) is 0 Å². The molecule has 1 aliphatic heterocycles. The van der Waals surface area contributed by atoms with Crippen LogP contribution in [0.4, 0.5) is 11.6 Å². The Bertz CT molecular complexity index is 728. The van der Waals surface area contributed by atoms with E-state index in [1.165, 1.54) is 0 Å². The van der Waals surface area contributed by atoms with Gasteiger partial charge < -0.3 is 26.4 Å². The van der Waals surface area contributed by atoms with Crippen molar-refractivity contribution in [1.29, 1.82) is 0 Å². The Morgan fingerprint density at radius 2 is 1.85 bits per heavy atom. The summed E-state index contributed by atoms with van der Waals surface area (Å²) in [7, 11) is 1.65. The molecule has 0 atom stereocenters. The van der Waals surface area contributed by atoms with Gasteiger partial charge in [0.1, 0.15) is 17.4 Å². The summed E-state index contributed by atoms with van der Waals surface area (Å²) in [5, 5.41) is 4.02. The molecule has 0 aliphatic carbocycles. The van der Waals surface area contributed by atoms with E-state index in [1.807, 2.05) is 24.3 Å².